The highest BCUT2D eigenvalue weighted by Crippen LogP contribution is 2.33. The lowest BCUT2D eigenvalue weighted by molar-refractivity contribution is -0.132. The van der Waals surface area contributed by atoms with Gasteiger partial charge >= 0.3 is 29.8 Å². The normalized spacial score (nSPS) is 10.5. The van der Waals surface area contributed by atoms with E-state index >= 15 is 0 Å². The molecule has 0 atom stereocenters. The first-order valence-electron chi connectivity index (χ1n) is 12.3. The molecule has 10 nitrogen and oxygen atoms in total. The highest BCUT2D eigenvalue weighted by molar-refractivity contribution is 5.96. The molecule has 0 aromatic heterocycles. The second-order valence-corrected chi connectivity index (χ2v) is 9.24. The average molecular weight is 575 g/mol. The fourth-order valence-corrected chi connectivity index (χ4v) is 2.77. The summed E-state index contributed by atoms with van der Waals surface area (Å²) in [6.07, 6.45) is 1.39. The van der Waals surface area contributed by atoms with Crippen LogP contribution in [0.2, 0.25) is 0 Å². The Bertz CT molecular complexity index is 1510. The third kappa shape index (κ3) is 9.60. The van der Waals surface area contributed by atoms with Gasteiger partial charge in [-0.15, -0.1) is 0 Å². The number of ether oxygens (including phenoxy) is 5. The van der Waals surface area contributed by atoms with E-state index in [1.54, 1.807) is 0 Å². The number of hydrogen-bond donors (Lipinski definition) is 0. The van der Waals surface area contributed by atoms with Crippen LogP contribution in [0.1, 0.15) is 40.2 Å². The quantitative estimate of drug-likeness (QED) is 0.189. The van der Waals surface area contributed by atoms with Crippen LogP contribution < -0.4 is 23.7 Å². The van der Waals surface area contributed by atoms with Crippen LogP contribution in [0.25, 0.3) is 6.08 Å². The van der Waals surface area contributed by atoms with Gasteiger partial charge in [-0.1, -0.05) is 26.3 Å². The van der Waals surface area contributed by atoms with Crippen molar-refractivity contribution in [1.82, 2.24) is 0 Å². The van der Waals surface area contributed by atoms with Gasteiger partial charge in [-0.2, -0.15) is 0 Å². The summed E-state index contributed by atoms with van der Waals surface area (Å²) in [6, 6.07) is 7.99. The molecular formula is C32H30O10. The molecule has 0 unspecified atom stereocenters. The fourth-order valence-electron chi connectivity index (χ4n) is 2.77. The van der Waals surface area contributed by atoms with Gasteiger partial charge in [0.2, 0.25) is 0 Å². The van der Waals surface area contributed by atoms with Gasteiger partial charge in [0.1, 0.15) is 17.2 Å². The standard InChI is InChI=1S/C32H30O10/c1-17(2)28(33)38-23-10-11-26(27(16-23)42-31(36)20(7)8)41-32(37)21(9)12-22-13-24(39-29(34)18(3)4)15-25(14-22)40-30(35)19(5)6/h10-16H,1,3,5,7H2,2,4,6,8-9H3. The predicted octanol–water partition coefficient (Wildman–Crippen LogP) is 5.62. The van der Waals surface area contributed by atoms with Crippen molar-refractivity contribution in [3.05, 3.63) is 96.1 Å². The number of benzene rings is 2. The van der Waals surface area contributed by atoms with Crippen molar-refractivity contribution in [2.24, 2.45) is 0 Å². The molecule has 10 heteroatoms. The summed E-state index contributed by atoms with van der Waals surface area (Å²) in [5, 5.41) is 0. The molecule has 0 aliphatic carbocycles. The second kappa shape index (κ2) is 14.2. The lowest BCUT2D eigenvalue weighted by atomic mass is 10.1. The molecule has 2 aromatic rings. The zero-order chi connectivity index (χ0) is 31.7. The first-order valence-corrected chi connectivity index (χ1v) is 12.3. The number of carbonyl (C=O) groups excluding carboxylic acids is 5. The minimum atomic E-state index is -0.848. The summed E-state index contributed by atoms with van der Waals surface area (Å²) in [7, 11) is 0. The van der Waals surface area contributed by atoms with Crippen molar-refractivity contribution in [2.45, 2.75) is 34.6 Å². The lowest BCUT2D eigenvalue weighted by Crippen LogP contribution is -2.14. The minimum Gasteiger partial charge on any atom is -0.423 e. The van der Waals surface area contributed by atoms with E-state index in [1.807, 2.05) is 0 Å². The van der Waals surface area contributed by atoms with Gasteiger partial charge in [-0.3, -0.25) is 0 Å². The highest BCUT2D eigenvalue weighted by atomic mass is 16.6. The molecular weight excluding hydrogens is 544 g/mol. The smallest absolute Gasteiger partial charge is 0.339 e. The minimum absolute atomic E-state index is 0.0116. The van der Waals surface area contributed by atoms with E-state index in [-0.39, 0.29) is 56.6 Å². The molecule has 0 saturated carbocycles. The van der Waals surface area contributed by atoms with E-state index in [4.69, 9.17) is 23.7 Å². The maximum Gasteiger partial charge on any atom is 0.339 e. The molecule has 0 amide bonds. The van der Waals surface area contributed by atoms with E-state index in [2.05, 4.69) is 26.3 Å². The molecule has 0 bridgehead atoms. The zero-order valence-electron chi connectivity index (χ0n) is 24.0. The summed E-state index contributed by atoms with van der Waals surface area (Å²) in [6.45, 7) is 21.3. The first-order chi connectivity index (χ1) is 19.6. The van der Waals surface area contributed by atoms with E-state index in [1.165, 1.54) is 77.1 Å². The number of hydrogen-bond acceptors (Lipinski definition) is 10. The Kier molecular flexibility index (Phi) is 11.1. The van der Waals surface area contributed by atoms with E-state index < -0.39 is 29.8 Å². The summed E-state index contributed by atoms with van der Waals surface area (Å²) in [4.78, 5) is 61.2. The van der Waals surface area contributed by atoms with Gasteiger partial charge in [0, 0.05) is 40.0 Å². The molecule has 0 N–H and O–H groups in total. The van der Waals surface area contributed by atoms with Crippen LogP contribution in [-0.4, -0.2) is 29.8 Å². The SMILES string of the molecule is C=C(C)C(=O)Oc1cc(C=C(C)C(=O)Oc2ccc(OC(=O)C(=C)C)cc2OC(=O)C(=C)C)cc(OC(=O)C(=C)C)c1. The molecule has 2 aromatic carbocycles. The third-order valence-corrected chi connectivity index (χ3v) is 4.95. The Morgan fingerprint density at radius 2 is 0.905 bits per heavy atom. The van der Waals surface area contributed by atoms with Crippen molar-refractivity contribution < 1.29 is 47.7 Å². The second-order valence-electron chi connectivity index (χ2n) is 9.24. The summed E-state index contributed by atoms with van der Waals surface area (Å²) in [5.41, 5.74) is 0.868. The Balaban J connectivity index is 2.43. The Morgan fingerprint density at radius 1 is 0.500 bits per heavy atom. The van der Waals surface area contributed by atoms with Gasteiger partial charge in [-0.05, 0) is 70.5 Å². The molecule has 0 spiro atoms. The molecule has 0 heterocycles. The Hall–Kier alpha value is -5.51. The van der Waals surface area contributed by atoms with Gasteiger partial charge < -0.3 is 23.7 Å². The van der Waals surface area contributed by atoms with Crippen molar-refractivity contribution in [1.29, 1.82) is 0 Å². The van der Waals surface area contributed by atoms with Crippen LogP contribution in [0, 0.1) is 0 Å². The summed E-state index contributed by atoms with van der Waals surface area (Å²) in [5.74, 6) is -4.08. The van der Waals surface area contributed by atoms with Crippen molar-refractivity contribution >= 4 is 35.9 Å². The van der Waals surface area contributed by atoms with Gasteiger partial charge in [-0.25, -0.2) is 24.0 Å². The molecule has 0 radical (unpaired) electrons. The molecule has 0 fully saturated rings. The summed E-state index contributed by atoms with van der Waals surface area (Å²) < 4.78 is 26.4. The largest absolute Gasteiger partial charge is 0.423 e. The third-order valence-electron chi connectivity index (χ3n) is 4.95. The monoisotopic (exact) mass is 574 g/mol. The fraction of sp³-hybridized carbons (Fsp3) is 0.156. The van der Waals surface area contributed by atoms with Gasteiger partial charge in [0.25, 0.3) is 0 Å². The molecule has 0 saturated heterocycles. The number of rotatable bonds is 11. The van der Waals surface area contributed by atoms with Crippen molar-refractivity contribution in [2.75, 3.05) is 0 Å². The molecule has 42 heavy (non-hydrogen) atoms. The number of carbonyl (C=O) groups is 5. The predicted molar refractivity (Wildman–Crippen MR) is 154 cm³/mol. The van der Waals surface area contributed by atoms with Crippen LogP contribution in [0.4, 0.5) is 0 Å². The zero-order valence-corrected chi connectivity index (χ0v) is 24.0. The topological polar surface area (TPSA) is 132 Å². The van der Waals surface area contributed by atoms with E-state index in [9.17, 15) is 24.0 Å². The lowest BCUT2D eigenvalue weighted by Gasteiger charge is -2.13. The number of esters is 5. The molecule has 2 rings (SSSR count). The van der Waals surface area contributed by atoms with E-state index in [0.717, 1.165) is 0 Å². The molecule has 218 valence electrons. The van der Waals surface area contributed by atoms with Crippen molar-refractivity contribution in [3.63, 3.8) is 0 Å². The van der Waals surface area contributed by atoms with Crippen LogP contribution in [0.15, 0.2) is 90.6 Å². The van der Waals surface area contributed by atoms with Crippen LogP contribution in [0.5, 0.6) is 28.7 Å². The summed E-state index contributed by atoms with van der Waals surface area (Å²) >= 11 is 0. The van der Waals surface area contributed by atoms with Gasteiger partial charge in [0.05, 0.1) is 0 Å². The Morgan fingerprint density at radius 3 is 1.36 bits per heavy atom. The molecule has 0 aliphatic heterocycles. The van der Waals surface area contributed by atoms with Gasteiger partial charge in [0.15, 0.2) is 11.5 Å². The van der Waals surface area contributed by atoms with E-state index in [0.29, 0.717) is 5.56 Å². The Labute approximate surface area is 243 Å². The molecule has 0 aliphatic rings. The van der Waals surface area contributed by atoms with Crippen LogP contribution in [-0.2, 0) is 24.0 Å². The average Bonchev–Trinajstić information content (AvgIpc) is 2.89. The maximum absolute atomic E-state index is 13.0. The highest BCUT2D eigenvalue weighted by Gasteiger charge is 2.19. The first kappa shape index (κ1) is 32.7. The van der Waals surface area contributed by atoms with Crippen LogP contribution >= 0.6 is 0 Å². The van der Waals surface area contributed by atoms with Crippen LogP contribution in [0.3, 0.4) is 0 Å². The van der Waals surface area contributed by atoms with Crippen molar-refractivity contribution in [3.8, 4) is 28.7 Å². The maximum atomic E-state index is 13.0.